The minimum Gasteiger partial charge on any atom is -0.493 e. The molecule has 3 rings (SSSR count). The molecule has 0 heterocycles. The Bertz CT molecular complexity index is 829. The van der Waals surface area contributed by atoms with Gasteiger partial charge in [-0.1, -0.05) is 29.8 Å². The van der Waals surface area contributed by atoms with Crippen molar-refractivity contribution in [2.75, 3.05) is 6.61 Å². The third-order valence-electron chi connectivity index (χ3n) is 5.08. The molecule has 0 spiro atoms. The molecule has 1 N–H and O–H groups in total. The monoisotopic (exact) mass is 398 g/mol. The van der Waals surface area contributed by atoms with Gasteiger partial charge in [0.1, 0.15) is 17.3 Å². The largest absolute Gasteiger partial charge is 0.493 e. The first kappa shape index (κ1) is 20.9. The first-order valence-electron chi connectivity index (χ1n) is 10.2. The molecule has 5 heteroatoms. The minimum atomic E-state index is -0.946. The summed E-state index contributed by atoms with van der Waals surface area (Å²) >= 11 is 0. The maximum atomic E-state index is 13.0. The molecule has 4 nitrogen and oxygen atoms in total. The number of para-hydroxylation sites is 1. The maximum absolute atomic E-state index is 13.0. The molecule has 29 heavy (non-hydrogen) atoms. The zero-order valence-electron chi connectivity index (χ0n) is 16.5. The van der Waals surface area contributed by atoms with Gasteiger partial charge in [0.2, 0.25) is 0 Å². The number of hydrogen-bond acceptors (Lipinski definition) is 3. The molecule has 1 aliphatic rings. The standard InChI is InChI=1S/C24H27FO4/c25-20-11-13-21(14-12-20)28-17-16-19-8-4-5-9-22(19)29-23(24(26)27)15-10-18-6-2-1-3-7-18/h4-6,8-9,11-14,23H,1-3,7,10,15-17H2,(H,26,27). The topological polar surface area (TPSA) is 55.8 Å². The van der Waals surface area contributed by atoms with Crippen molar-refractivity contribution in [1.29, 1.82) is 0 Å². The van der Waals surface area contributed by atoms with E-state index in [4.69, 9.17) is 9.47 Å². The van der Waals surface area contributed by atoms with Gasteiger partial charge in [-0.05, 0) is 74.4 Å². The summed E-state index contributed by atoms with van der Waals surface area (Å²) < 4.78 is 24.5. The van der Waals surface area contributed by atoms with E-state index < -0.39 is 12.1 Å². The summed E-state index contributed by atoms with van der Waals surface area (Å²) in [5.74, 6) is -0.0900. The zero-order chi connectivity index (χ0) is 20.5. The van der Waals surface area contributed by atoms with E-state index >= 15 is 0 Å². The van der Waals surface area contributed by atoms with Gasteiger partial charge >= 0.3 is 5.97 Å². The summed E-state index contributed by atoms with van der Waals surface area (Å²) in [7, 11) is 0. The second-order valence-corrected chi connectivity index (χ2v) is 7.25. The predicted octanol–water partition coefficient (Wildman–Crippen LogP) is 5.56. The lowest BCUT2D eigenvalue weighted by atomic mass is 9.95. The highest BCUT2D eigenvalue weighted by atomic mass is 19.1. The number of aliphatic carboxylic acids is 1. The molecule has 2 aromatic carbocycles. The average Bonchev–Trinajstić information content (AvgIpc) is 2.74. The van der Waals surface area contributed by atoms with Crippen LogP contribution in [0.25, 0.3) is 0 Å². The Morgan fingerprint density at radius 2 is 1.86 bits per heavy atom. The van der Waals surface area contributed by atoms with Crippen molar-refractivity contribution in [2.45, 2.75) is 51.0 Å². The molecule has 0 aliphatic heterocycles. The van der Waals surface area contributed by atoms with Crippen LogP contribution in [-0.4, -0.2) is 23.8 Å². The summed E-state index contributed by atoms with van der Waals surface area (Å²) in [5, 5.41) is 9.60. The molecular formula is C24H27FO4. The Hall–Kier alpha value is -2.82. The van der Waals surface area contributed by atoms with Gasteiger partial charge in [-0.25, -0.2) is 9.18 Å². The number of ether oxygens (including phenoxy) is 2. The maximum Gasteiger partial charge on any atom is 0.344 e. The van der Waals surface area contributed by atoms with Crippen LogP contribution in [0.1, 0.15) is 44.1 Å². The Balaban J connectivity index is 1.57. The van der Waals surface area contributed by atoms with Crippen molar-refractivity contribution in [3.8, 4) is 11.5 Å². The molecule has 0 amide bonds. The summed E-state index contributed by atoms with van der Waals surface area (Å²) in [6, 6.07) is 13.3. The van der Waals surface area contributed by atoms with Crippen molar-refractivity contribution in [1.82, 2.24) is 0 Å². The first-order valence-corrected chi connectivity index (χ1v) is 10.2. The molecule has 0 saturated heterocycles. The quantitative estimate of drug-likeness (QED) is 0.533. The van der Waals surface area contributed by atoms with Gasteiger partial charge in [-0.2, -0.15) is 0 Å². The minimum absolute atomic E-state index is 0.306. The van der Waals surface area contributed by atoms with Crippen molar-refractivity contribution in [3.63, 3.8) is 0 Å². The lowest BCUT2D eigenvalue weighted by Crippen LogP contribution is -2.27. The van der Waals surface area contributed by atoms with E-state index in [1.807, 2.05) is 18.2 Å². The van der Waals surface area contributed by atoms with Crippen LogP contribution in [0.15, 0.2) is 60.2 Å². The number of carboxylic acid groups (broad SMARTS) is 1. The molecule has 2 aromatic rings. The smallest absolute Gasteiger partial charge is 0.344 e. The van der Waals surface area contributed by atoms with Crippen LogP contribution < -0.4 is 9.47 Å². The van der Waals surface area contributed by atoms with Gasteiger partial charge in [0, 0.05) is 6.42 Å². The van der Waals surface area contributed by atoms with Crippen molar-refractivity contribution in [3.05, 3.63) is 71.6 Å². The molecule has 0 aromatic heterocycles. The first-order chi connectivity index (χ1) is 14.1. The van der Waals surface area contributed by atoms with Crippen LogP contribution in [0.4, 0.5) is 4.39 Å². The normalized spacial score (nSPS) is 14.7. The third-order valence-corrected chi connectivity index (χ3v) is 5.08. The third kappa shape index (κ3) is 6.63. The number of allylic oxidation sites excluding steroid dienone is 2. The molecule has 1 atom stereocenters. The average molecular weight is 398 g/mol. The molecule has 0 radical (unpaired) electrons. The van der Waals surface area contributed by atoms with E-state index in [2.05, 4.69) is 6.08 Å². The van der Waals surface area contributed by atoms with Crippen LogP contribution in [0, 0.1) is 5.82 Å². The fraction of sp³-hybridized carbons (Fsp3) is 0.375. The van der Waals surface area contributed by atoms with E-state index in [0.717, 1.165) is 24.8 Å². The second kappa shape index (κ2) is 10.6. The molecule has 0 bridgehead atoms. The van der Waals surface area contributed by atoms with Gasteiger partial charge in [0.25, 0.3) is 0 Å². The Morgan fingerprint density at radius 3 is 2.59 bits per heavy atom. The number of halogens is 1. The Labute approximate surface area is 171 Å². The molecule has 154 valence electrons. The SMILES string of the molecule is O=C(O)C(CCC1=CCCCC1)Oc1ccccc1CCOc1ccc(F)cc1. The highest BCUT2D eigenvalue weighted by Gasteiger charge is 2.21. The van der Waals surface area contributed by atoms with Crippen LogP contribution in [0.3, 0.4) is 0 Å². The summed E-state index contributed by atoms with van der Waals surface area (Å²) in [6.45, 7) is 0.386. The van der Waals surface area contributed by atoms with Crippen LogP contribution in [0.2, 0.25) is 0 Å². The highest BCUT2D eigenvalue weighted by molar-refractivity contribution is 5.72. The van der Waals surface area contributed by atoms with Crippen molar-refractivity contribution < 1.29 is 23.8 Å². The number of hydrogen-bond donors (Lipinski definition) is 1. The lowest BCUT2D eigenvalue weighted by molar-refractivity contribution is -0.145. The van der Waals surface area contributed by atoms with Crippen LogP contribution in [-0.2, 0) is 11.2 Å². The number of carboxylic acids is 1. The fourth-order valence-corrected chi connectivity index (χ4v) is 3.47. The fourth-order valence-electron chi connectivity index (χ4n) is 3.47. The van der Waals surface area contributed by atoms with Crippen LogP contribution >= 0.6 is 0 Å². The molecule has 1 aliphatic carbocycles. The Morgan fingerprint density at radius 1 is 1.07 bits per heavy atom. The summed E-state index contributed by atoms with van der Waals surface area (Å²) in [6.07, 6.45) is 7.69. The zero-order valence-corrected chi connectivity index (χ0v) is 16.5. The van der Waals surface area contributed by atoms with Gasteiger partial charge in [0.05, 0.1) is 6.61 Å². The van der Waals surface area contributed by atoms with Crippen LogP contribution in [0.5, 0.6) is 11.5 Å². The van der Waals surface area contributed by atoms with Gasteiger partial charge in [-0.3, -0.25) is 0 Å². The number of benzene rings is 2. The van der Waals surface area contributed by atoms with Crippen molar-refractivity contribution >= 4 is 5.97 Å². The lowest BCUT2D eigenvalue weighted by Gasteiger charge is -2.19. The van der Waals surface area contributed by atoms with E-state index in [1.54, 1.807) is 18.2 Å². The van der Waals surface area contributed by atoms with Crippen molar-refractivity contribution in [2.24, 2.45) is 0 Å². The molecule has 0 saturated carbocycles. The summed E-state index contributed by atoms with van der Waals surface area (Å²) in [5.41, 5.74) is 2.23. The predicted molar refractivity (Wildman–Crippen MR) is 110 cm³/mol. The van der Waals surface area contributed by atoms with Gasteiger partial charge < -0.3 is 14.6 Å². The molecule has 1 unspecified atom stereocenters. The molecular weight excluding hydrogens is 371 g/mol. The van der Waals surface area contributed by atoms with Gasteiger partial charge in [0.15, 0.2) is 6.10 Å². The van der Waals surface area contributed by atoms with E-state index in [9.17, 15) is 14.3 Å². The number of rotatable bonds is 10. The highest BCUT2D eigenvalue weighted by Crippen LogP contribution is 2.25. The van der Waals surface area contributed by atoms with Gasteiger partial charge in [-0.15, -0.1) is 0 Å². The molecule has 0 fully saturated rings. The number of carbonyl (C=O) groups is 1. The van der Waals surface area contributed by atoms with E-state index in [0.29, 0.717) is 30.9 Å². The Kier molecular flexibility index (Phi) is 7.68. The second-order valence-electron chi connectivity index (χ2n) is 7.25. The van der Waals surface area contributed by atoms with E-state index in [1.165, 1.54) is 30.5 Å². The summed E-state index contributed by atoms with van der Waals surface area (Å²) in [4.78, 5) is 11.7. The van der Waals surface area contributed by atoms with E-state index in [-0.39, 0.29) is 5.82 Å².